The number of aromatic nitrogens is 1. The molecule has 0 amide bonds. The molecular formula is C17H13Br2NO. The number of halogens is 2. The number of Topliss-reactive ketones (excluding diaryl/α,β-unsaturated/α-hetero) is 1. The molecule has 0 spiro atoms. The normalized spacial score (nSPS) is 9.86. The molecule has 21 heavy (non-hydrogen) atoms. The first-order valence-electron chi connectivity index (χ1n) is 6.33. The number of para-hydroxylation sites is 1. The quantitative estimate of drug-likeness (QED) is 0.488. The van der Waals surface area contributed by atoms with Crippen LogP contribution in [0.2, 0.25) is 0 Å². The monoisotopic (exact) mass is 405 g/mol. The molecule has 2 aromatic carbocycles. The van der Waals surface area contributed by atoms with Crippen LogP contribution in [-0.2, 0) is 0 Å². The van der Waals surface area contributed by atoms with Gasteiger partial charge in [-0.05, 0) is 47.1 Å². The maximum absolute atomic E-state index is 10.8. The van der Waals surface area contributed by atoms with E-state index < -0.39 is 0 Å². The molecule has 0 aliphatic heterocycles. The number of benzene rings is 2. The minimum Gasteiger partial charge on any atom is -0.295 e. The Balaban J connectivity index is 0.000000155. The third-order valence-electron chi connectivity index (χ3n) is 2.79. The van der Waals surface area contributed by atoms with Gasteiger partial charge in [0.25, 0.3) is 0 Å². The minimum atomic E-state index is 0.0984. The summed E-state index contributed by atoms with van der Waals surface area (Å²) in [5.41, 5.74) is 1.78. The number of rotatable bonds is 1. The molecule has 0 radical (unpaired) electrons. The lowest BCUT2D eigenvalue weighted by molar-refractivity contribution is 0.101. The van der Waals surface area contributed by atoms with Crippen molar-refractivity contribution in [2.45, 2.75) is 6.92 Å². The van der Waals surface area contributed by atoms with E-state index in [2.05, 4.69) is 42.9 Å². The average molecular weight is 407 g/mol. The van der Waals surface area contributed by atoms with Crippen LogP contribution < -0.4 is 0 Å². The first-order valence-corrected chi connectivity index (χ1v) is 7.91. The SMILES string of the molecule is Brc1cnc2ccccc2c1.CC(=O)c1cccc(Br)c1. The van der Waals surface area contributed by atoms with Gasteiger partial charge in [-0.3, -0.25) is 9.78 Å². The van der Waals surface area contributed by atoms with Crippen LogP contribution in [0.4, 0.5) is 0 Å². The van der Waals surface area contributed by atoms with Gasteiger partial charge < -0.3 is 0 Å². The first-order chi connectivity index (χ1) is 10.1. The van der Waals surface area contributed by atoms with Gasteiger partial charge in [0.1, 0.15) is 0 Å². The minimum absolute atomic E-state index is 0.0984. The molecule has 0 N–H and O–H groups in total. The van der Waals surface area contributed by atoms with E-state index in [1.807, 2.05) is 48.7 Å². The van der Waals surface area contributed by atoms with Crippen LogP contribution in [0.5, 0.6) is 0 Å². The second-order valence-electron chi connectivity index (χ2n) is 4.41. The Morgan fingerprint density at radius 2 is 1.71 bits per heavy atom. The van der Waals surface area contributed by atoms with Gasteiger partial charge in [0, 0.05) is 26.1 Å². The van der Waals surface area contributed by atoms with Crippen molar-refractivity contribution >= 4 is 48.5 Å². The van der Waals surface area contributed by atoms with Gasteiger partial charge in [-0.15, -0.1) is 0 Å². The van der Waals surface area contributed by atoms with Crippen molar-refractivity contribution in [1.82, 2.24) is 4.98 Å². The van der Waals surface area contributed by atoms with Crippen LogP contribution in [0.3, 0.4) is 0 Å². The summed E-state index contributed by atoms with van der Waals surface area (Å²) in [4.78, 5) is 15.0. The highest BCUT2D eigenvalue weighted by molar-refractivity contribution is 9.10. The fourth-order valence-electron chi connectivity index (χ4n) is 1.75. The number of fused-ring (bicyclic) bond motifs is 1. The first kappa shape index (κ1) is 15.9. The predicted molar refractivity (Wildman–Crippen MR) is 93.6 cm³/mol. The second kappa shape index (κ2) is 7.48. The molecule has 4 heteroatoms. The van der Waals surface area contributed by atoms with Crippen molar-refractivity contribution in [1.29, 1.82) is 0 Å². The van der Waals surface area contributed by atoms with E-state index in [0.29, 0.717) is 0 Å². The highest BCUT2D eigenvalue weighted by atomic mass is 79.9. The van der Waals surface area contributed by atoms with Gasteiger partial charge >= 0.3 is 0 Å². The smallest absolute Gasteiger partial charge is 0.159 e. The fourth-order valence-corrected chi connectivity index (χ4v) is 2.50. The van der Waals surface area contributed by atoms with Gasteiger partial charge in [0.15, 0.2) is 5.78 Å². The zero-order chi connectivity index (χ0) is 15.2. The van der Waals surface area contributed by atoms with Crippen molar-refractivity contribution in [3.8, 4) is 0 Å². The number of hydrogen-bond donors (Lipinski definition) is 0. The van der Waals surface area contributed by atoms with E-state index in [4.69, 9.17) is 0 Å². The van der Waals surface area contributed by atoms with Gasteiger partial charge in [-0.2, -0.15) is 0 Å². The molecule has 3 rings (SSSR count). The Hall–Kier alpha value is -1.52. The molecule has 0 bridgehead atoms. The number of carbonyl (C=O) groups excluding carboxylic acids is 1. The Kier molecular flexibility index (Phi) is 5.65. The van der Waals surface area contributed by atoms with Crippen molar-refractivity contribution in [2.75, 3.05) is 0 Å². The summed E-state index contributed by atoms with van der Waals surface area (Å²) in [6.45, 7) is 1.56. The molecule has 106 valence electrons. The second-order valence-corrected chi connectivity index (χ2v) is 6.24. The number of carbonyl (C=O) groups is 1. The predicted octanol–water partition coefficient (Wildman–Crippen LogP) is 5.65. The van der Waals surface area contributed by atoms with Crippen LogP contribution >= 0.6 is 31.9 Å². The molecule has 3 aromatic rings. The fraction of sp³-hybridized carbons (Fsp3) is 0.0588. The summed E-state index contributed by atoms with van der Waals surface area (Å²) in [6.07, 6.45) is 1.81. The van der Waals surface area contributed by atoms with Gasteiger partial charge in [0.05, 0.1) is 5.52 Å². The van der Waals surface area contributed by atoms with Gasteiger partial charge in [-0.25, -0.2) is 0 Å². The molecular weight excluding hydrogens is 394 g/mol. The van der Waals surface area contributed by atoms with E-state index in [-0.39, 0.29) is 5.78 Å². The summed E-state index contributed by atoms with van der Waals surface area (Å²) >= 11 is 6.65. The highest BCUT2D eigenvalue weighted by Crippen LogP contribution is 2.16. The highest BCUT2D eigenvalue weighted by Gasteiger charge is 1.96. The van der Waals surface area contributed by atoms with E-state index in [1.165, 1.54) is 5.39 Å². The zero-order valence-corrected chi connectivity index (χ0v) is 14.6. The molecule has 2 nitrogen and oxygen atoms in total. The van der Waals surface area contributed by atoms with Crippen molar-refractivity contribution in [2.24, 2.45) is 0 Å². The molecule has 0 fully saturated rings. The summed E-state index contributed by atoms with van der Waals surface area (Å²) < 4.78 is 1.97. The van der Waals surface area contributed by atoms with E-state index in [9.17, 15) is 4.79 Å². The van der Waals surface area contributed by atoms with Crippen molar-refractivity contribution in [3.05, 3.63) is 75.3 Å². The summed E-state index contributed by atoms with van der Waals surface area (Å²) in [5.74, 6) is 0.0984. The Bertz CT molecular complexity index is 771. The van der Waals surface area contributed by atoms with E-state index >= 15 is 0 Å². The summed E-state index contributed by atoms with van der Waals surface area (Å²) in [6, 6.07) is 17.5. The standard InChI is InChI=1S/C9H6BrN.C8H7BrO/c10-8-5-7-3-1-2-4-9(7)11-6-8;1-6(10)7-3-2-4-8(9)5-7/h1-6H;2-5H,1H3. The molecule has 0 saturated heterocycles. The topological polar surface area (TPSA) is 30.0 Å². The lowest BCUT2D eigenvalue weighted by Crippen LogP contribution is -1.89. The zero-order valence-electron chi connectivity index (χ0n) is 11.4. The van der Waals surface area contributed by atoms with Crippen LogP contribution in [-0.4, -0.2) is 10.8 Å². The average Bonchev–Trinajstić information content (AvgIpc) is 2.48. The van der Waals surface area contributed by atoms with Crippen LogP contribution in [0.1, 0.15) is 17.3 Å². The van der Waals surface area contributed by atoms with E-state index in [0.717, 1.165) is 20.0 Å². The number of ketones is 1. The van der Waals surface area contributed by atoms with Crippen LogP contribution in [0.25, 0.3) is 10.9 Å². The van der Waals surface area contributed by atoms with Gasteiger partial charge in [-0.1, -0.05) is 46.3 Å². The van der Waals surface area contributed by atoms with Crippen LogP contribution in [0.15, 0.2) is 69.7 Å². The molecule has 0 aliphatic rings. The Morgan fingerprint density at radius 3 is 2.38 bits per heavy atom. The third-order valence-corrected chi connectivity index (χ3v) is 3.72. The maximum atomic E-state index is 10.8. The number of nitrogens with zero attached hydrogens (tertiary/aromatic N) is 1. The van der Waals surface area contributed by atoms with Crippen molar-refractivity contribution < 1.29 is 4.79 Å². The van der Waals surface area contributed by atoms with E-state index in [1.54, 1.807) is 13.0 Å². The summed E-state index contributed by atoms with van der Waals surface area (Å²) in [5, 5.41) is 1.17. The Labute approximate surface area is 140 Å². The summed E-state index contributed by atoms with van der Waals surface area (Å²) in [7, 11) is 0. The molecule has 1 aromatic heterocycles. The lowest BCUT2D eigenvalue weighted by Gasteiger charge is -1.94. The maximum Gasteiger partial charge on any atom is 0.159 e. The lowest BCUT2D eigenvalue weighted by atomic mass is 10.2. The molecule has 0 unspecified atom stereocenters. The number of pyridine rings is 1. The third kappa shape index (κ3) is 4.76. The molecule has 0 saturated carbocycles. The van der Waals surface area contributed by atoms with Gasteiger partial charge in [0.2, 0.25) is 0 Å². The Morgan fingerprint density at radius 1 is 0.952 bits per heavy atom. The molecule has 1 heterocycles. The number of hydrogen-bond acceptors (Lipinski definition) is 2. The van der Waals surface area contributed by atoms with Crippen molar-refractivity contribution in [3.63, 3.8) is 0 Å². The molecule has 0 atom stereocenters. The van der Waals surface area contributed by atoms with Crippen LogP contribution in [0, 0.1) is 0 Å². The largest absolute Gasteiger partial charge is 0.295 e. The molecule has 0 aliphatic carbocycles.